The van der Waals surface area contributed by atoms with E-state index in [1.165, 1.54) is 6.07 Å². The molecular weight excluding hydrogens is 329 g/mol. The lowest BCUT2D eigenvalue weighted by atomic mass is 9.97. The molecule has 106 valence electrons. The van der Waals surface area contributed by atoms with E-state index in [9.17, 15) is 18.0 Å². The van der Waals surface area contributed by atoms with Gasteiger partial charge in [0.05, 0.1) is 5.56 Å². The maximum Gasteiger partial charge on any atom is 0.408 e. The summed E-state index contributed by atoms with van der Waals surface area (Å²) in [6, 6.07) is -0.873. The highest BCUT2D eigenvalue weighted by atomic mass is 79.9. The molecule has 0 radical (unpaired) electrons. The molecule has 0 aromatic carbocycles. The lowest BCUT2D eigenvalue weighted by Crippen LogP contribution is -2.56. The molecule has 1 amide bonds. The minimum atomic E-state index is -4.45. The molecule has 2 rings (SSSR count). The van der Waals surface area contributed by atoms with Crippen molar-refractivity contribution in [2.75, 3.05) is 6.54 Å². The molecule has 2 N–H and O–H groups in total. The quantitative estimate of drug-likeness (QED) is 0.854. The van der Waals surface area contributed by atoms with Crippen molar-refractivity contribution in [2.24, 2.45) is 5.73 Å². The van der Waals surface area contributed by atoms with Crippen molar-refractivity contribution in [1.82, 2.24) is 4.90 Å². The van der Waals surface area contributed by atoms with Crippen LogP contribution < -0.4 is 5.73 Å². The van der Waals surface area contributed by atoms with Crippen LogP contribution in [0, 0.1) is 0 Å². The van der Waals surface area contributed by atoms with Crippen molar-refractivity contribution < 1.29 is 22.4 Å². The van der Waals surface area contributed by atoms with Gasteiger partial charge < -0.3 is 15.1 Å². The smallest absolute Gasteiger partial charge is 0.408 e. The average molecular weight is 341 g/mol. The third kappa shape index (κ3) is 3.11. The van der Waals surface area contributed by atoms with E-state index < -0.39 is 24.2 Å². The van der Waals surface area contributed by atoms with Crippen LogP contribution in [0.2, 0.25) is 0 Å². The van der Waals surface area contributed by atoms with Crippen molar-refractivity contribution in [3.63, 3.8) is 0 Å². The lowest BCUT2D eigenvalue weighted by molar-refractivity contribution is -0.184. The minimum Gasteiger partial charge on any atom is -0.457 e. The van der Waals surface area contributed by atoms with Gasteiger partial charge >= 0.3 is 6.18 Å². The van der Waals surface area contributed by atoms with Crippen LogP contribution >= 0.6 is 15.9 Å². The van der Waals surface area contributed by atoms with Crippen molar-refractivity contribution in [3.8, 4) is 0 Å². The predicted octanol–water partition coefficient (Wildman–Crippen LogP) is 2.54. The Morgan fingerprint density at radius 3 is 2.68 bits per heavy atom. The summed E-state index contributed by atoms with van der Waals surface area (Å²) >= 11 is 3.01. The second-order valence-corrected chi connectivity index (χ2v) is 5.27. The zero-order valence-corrected chi connectivity index (χ0v) is 11.4. The SMILES string of the molecule is NC1CCC(C(F)(F)F)N(C(=O)c2coc(Br)c2)C1. The first-order chi connectivity index (χ1) is 8.79. The fourth-order valence-corrected chi connectivity index (χ4v) is 2.49. The maximum absolute atomic E-state index is 12.9. The number of nitrogens with two attached hydrogens (primary N) is 1. The molecule has 1 fully saturated rings. The molecule has 2 atom stereocenters. The summed E-state index contributed by atoms with van der Waals surface area (Å²) in [5.41, 5.74) is 5.74. The second-order valence-electron chi connectivity index (χ2n) is 4.49. The highest BCUT2D eigenvalue weighted by Crippen LogP contribution is 2.32. The molecule has 8 heteroatoms. The number of carbonyl (C=O) groups is 1. The van der Waals surface area contributed by atoms with Crippen molar-refractivity contribution in [2.45, 2.75) is 31.1 Å². The van der Waals surface area contributed by atoms with Crippen molar-refractivity contribution >= 4 is 21.8 Å². The normalized spacial score (nSPS) is 24.6. The van der Waals surface area contributed by atoms with Gasteiger partial charge in [-0.25, -0.2) is 0 Å². The van der Waals surface area contributed by atoms with Gasteiger partial charge in [-0.3, -0.25) is 4.79 Å². The summed E-state index contributed by atoms with van der Waals surface area (Å²) in [7, 11) is 0. The Labute approximate surface area is 115 Å². The molecule has 2 unspecified atom stereocenters. The number of rotatable bonds is 1. The van der Waals surface area contributed by atoms with E-state index in [4.69, 9.17) is 10.2 Å². The van der Waals surface area contributed by atoms with Gasteiger partial charge in [0.25, 0.3) is 5.91 Å². The molecule has 0 spiro atoms. The Morgan fingerprint density at radius 2 is 2.16 bits per heavy atom. The van der Waals surface area contributed by atoms with Crippen LogP contribution in [0.25, 0.3) is 0 Å². The lowest BCUT2D eigenvalue weighted by Gasteiger charge is -2.39. The summed E-state index contributed by atoms with van der Waals surface area (Å²) in [6.07, 6.45) is -3.24. The zero-order valence-electron chi connectivity index (χ0n) is 9.78. The number of carbonyl (C=O) groups excluding carboxylic acids is 1. The summed E-state index contributed by atoms with van der Waals surface area (Å²) in [5.74, 6) is -0.716. The molecule has 1 aliphatic rings. The van der Waals surface area contributed by atoms with Crippen LogP contribution in [0.15, 0.2) is 21.4 Å². The van der Waals surface area contributed by atoms with Gasteiger partial charge in [-0.1, -0.05) is 0 Å². The number of hydrogen-bond donors (Lipinski definition) is 1. The molecule has 2 heterocycles. The van der Waals surface area contributed by atoms with E-state index in [0.717, 1.165) is 11.2 Å². The van der Waals surface area contributed by atoms with E-state index in [2.05, 4.69) is 15.9 Å². The van der Waals surface area contributed by atoms with Gasteiger partial charge in [-0.05, 0) is 28.8 Å². The number of alkyl halides is 3. The average Bonchev–Trinajstić information content (AvgIpc) is 2.73. The largest absolute Gasteiger partial charge is 0.457 e. The first kappa shape index (κ1) is 14.4. The van der Waals surface area contributed by atoms with Crippen LogP contribution in [0.1, 0.15) is 23.2 Å². The maximum atomic E-state index is 12.9. The Hall–Kier alpha value is -1.02. The molecule has 1 saturated heterocycles. The number of piperidine rings is 1. The summed E-state index contributed by atoms with van der Waals surface area (Å²) in [5, 5.41) is 0. The number of hydrogen-bond acceptors (Lipinski definition) is 3. The van der Waals surface area contributed by atoms with Crippen LogP contribution in [0.4, 0.5) is 13.2 Å². The number of amides is 1. The van der Waals surface area contributed by atoms with E-state index in [1.54, 1.807) is 0 Å². The van der Waals surface area contributed by atoms with E-state index in [0.29, 0.717) is 4.67 Å². The third-order valence-corrected chi connectivity index (χ3v) is 3.49. The molecule has 1 aliphatic heterocycles. The second kappa shape index (κ2) is 5.16. The highest BCUT2D eigenvalue weighted by Gasteiger charge is 2.47. The van der Waals surface area contributed by atoms with Crippen molar-refractivity contribution in [3.05, 3.63) is 22.6 Å². The molecule has 4 nitrogen and oxygen atoms in total. The van der Waals surface area contributed by atoms with Crippen LogP contribution in [0.5, 0.6) is 0 Å². The number of halogens is 4. The van der Waals surface area contributed by atoms with Crippen molar-refractivity contribution in [1.29, 1.82) is 0 Å². The molecule has 19 heavy (non-hydrogen) atoms. The number of furan rings is 1. The summed E-state index contributed by atoms with van der Waals surface area (Å²) in [6.45, 7) is -0.105. The van der Waals surface area contributed by atoms with E-state index in [-0.39, 0.29) is 24.9 Å². The van der Waals surface area contributed by atoms with Crippen LogP contribution in [-0.4, -0.2) is 35.6 Å². The van der Waals surface area contributed by atoms with Crippen LogP contribution in [0.3, 0.4) is 0 Å². The number of likely N-dealkylation sites (tertiary alicyclic amines) is 1. The van der Waals surface area contributed by atoms with Gasteiger partial charge in [-0.15, -0.1) is 0 Å². The topological polar surface area (TPSA) is 59.5 Å². The Morgan fingerprint density at radius 1 is 1.47 bits per heavy atom. The first-order valence-electron chi connectivity index (χ1n) is 5.66. The summed E-state index contributed by atoms with van der Waals surface area (Å²) in [4.78, 5) is 12.9. The molecule has 0 saturated carbocycles. The van der Waals surface area contributed by atoms with E-state index in [1.807, 2.05) is 0 Å². The Kier molecular flexibility index (Phi) is 3.91. The van der Waals surface area contributed by atoms with Gasteiger partial charge in [0.15, 0.2) is 4.67 Å². The molecule has 0 aliphatic carbocycles. The Balaban J connectivity index is 2.25. The molecule has 0 bridgehead atoms. The van der Waals surface area contributed by atoms with Gasteiger partial charge in [-0.2, -0.15) is 13.2 Å². The minimum absolute atomic E-state index is 0.0789. The van der Waals surface area contributed by atoms with Gasteiger partial charge in [0, 0.05) is 18.7 Å². The summed E-state index contributed by atoms with van der Waals surface area (Å²) < 4.78 is 44.0. The molecule has 1 aromatic heterocycles. The number of nitrogens with zero attached hydrogens (tertiary/aromatic N) is 1. The zero-order chi connectivity index (χ0) is 14.2. The fourth-order valence-electron chi connectivity index (χ4n) is 2.15. The van der Waals surface area contributed by atoms with Crippen LogP contribution in [-0.2, 0) is 0 Å². The first-order valence-corrected chi connectivity index (χ1v) is 6.45. The Bertz CT molecular complexity index is 475. The monoisotopic (exact) mass is 340 g/mol. The predicted molar refractivity (Wildman–Crippen MR) is 64.5 cm³/mol. The highest BCUT2D eigenvalue weighted by molar-refractivity contribution is 9.10. The third-order valence-electron chi connectivity index (χ3n) is 3.07. The molecule has 1 aromatic rings. The molecular formula is C11H12BrF3N2O2. The van der Waals surface area contributed by atoms with Gasteiger partial charge in [0.1, 0.15) is 12.3 Å². The van der Waals surface area contributed by atoms with E-state index >= 15 is 0 Å². The fraction of sp³-hybridized carbons (Fsp3) is 0.545. The standard InChI is InChI=1S/C11H12BrF3N2O2/c12-9-3-6(5-19-9)10(18)17-4-7(16)1-2-8(17)11(13,14)15/h3,5,7-8H,1-2,4,16H2. The van der Waals surface area contributed by atoms with Gasteiger partial charge in [0.2, 0.25) is 0 Å².